The number of ether oxygens (including phenoxy) is 1. The van der Waals surface area contributed by atoms with Crippen molar-refractivity contribution < 1.29 is 19.1 Å². The molecule has 0 fully saturated rings. The molecule has 0 radical (unpaired) electrons. The molecular formula is C13H26N4O4. The second-order valence-electron chi connectivity index (χ2n) is 5.42. The van der Waals surface area contributed by atoms with Gasteiger partial charge in [-0.1, -0.05) is 6.92 Å². The van der Waals surface area contributed by atoms with E-state index in [1.807, 2.05) is 0 Å². The van der Waals surface area contributed by atoms with E-state index in [0.29, 0.717) is 32.4 Å². The van der Waals surface area contributed by atoms with Gasteiger partial charge in [0.25, 0.3) is 0 Å². The quantitative estimate of drug-likeness (QED) is 0.434. The maximum Gasteiger partial charge on any atom is 0.407 e. The van der Waals surface area contributed by atoms with Gasteiger partial charge in [-0.3, -0.25) is 10.2 Å². The Hall–Kier alpha value is -1.99. The molecule has 0 aromatic rings. The van der Waals surface area contributed by atoms with E-state index in [1.54, 1.807) is 27.7 Å². The average molecular weight is 302 g/mol. The molecule has 0 rings (SSSR count). The van der Waals surface area contributed by atoms with Gasteiger partial charge in [-0.15, -0.1) is 0 Å². The highest BCUT2D eigenvalue weighted by molar-refractivity contribution is 5.80. The van der Waals surface area contributed by atoms with Crippen LogP contribution in [0.1, 0.15) is 47.0 Å². The largest absolute Gasteiger partial charge is 0.444 e. The molecule has 0 unspecified atom stereocenters. The number of rotatable bonds is 6. The van der Waals surface area contributed by atoms with Gasteiger partial charge in [-0.2, -0.15) is 0 Å². The second kappa shape index (κ2) is 9.84. The third-order valence-electron chi connectivity index (χ3n) is 2.19. The van der Waals surface area contributed by atoms with E-state index in [4.69, 9.17) is 4.74 Å². The van der Waals surface area contributed by atoms with Crippen LogP contribution < -0.4 is 21.5 Å². The predicted octanol–water partition coefficient (Wildman–Crippen LogP) is 1.03. The van der Waals surface area contributed by atoms with Crippen LogP contribution in [0.5, 0.6) is 0 Å². The molecule has 0 aliphatic rings. The van der Waals surface area contributed by atoms with Gasteiger partial charge < -0.3 is 15.4 Å². The molecule has 0 heterocycles. The summed E-state index contributed by atoms with van der Waals surface area (Å²) in [5.74, 6) is -0.258. The molecule has 4 N–H and O–H groups in total. The molecule has 122 valence electrons. The Labute approximate surface area is 125 Å². The first-order valence-corrected chi connectivity index (χ1v) is 7.04. The lowest BCUT2D eigenvalue weighted by Gasteiger charge is -2.19. The van der Waals surface area contributed by atoms with Crippen LogP contribution in [-0.4, -0.2) is 36.7 Å². The van der Waals surface area contributed by atoms with Crippen molar-refractivity contribution in [3.05, 3.63) is 0 Å². The van der Waals surface area contributed by atoms with Crippen molar-refractivity contribution in [1.29, 1.82) is 0 Å². The molecular weight excluding hydrogens is 276 g/mol. The number of alkyl carbamates (subject to hydrolysis) is 1. The van der Waals surface area contributed by atoms with Crippen LogP contribution in [0.3, 0.4) is 0 Å². The van der Waals surface area contributed by atoms with Crippen molar-refractivity contribution in [2.75, 3.05) is 13.1 Å². The highest BCUT2D eigenvalue weighted by Crippen LogP contribution is 2.06. The molecule has 0 aliphatic carbocycles. The van der Waals surface area contributed by atoms with Gasteiger partial charge in [-0.25, -0.2) is 15.0 Å². The van der Waals surface area contributed by atoms with Crippen molar-refractivity contribution in [3.63, 3.8) is 0 Å². The third kappa shape index (κ3) is 12.8. The third-order valence-corrected chi connectivity index (χ3v) is 2.19. The van der Waals surface area contributed by atoms with Crippen molar-refractivity contribution in [2.24, 2.45) is 0 Å². The Morgan fingerprint density at radius 1 is 0.952 bits per heavy atom. The van der Waals surface area contributed by atoms with Crippen LogP contribution in [0.25, 0.3) is 0 Å². The number of amides is 4. The molecule has 4 amide bonds. The van der Waals surface area contributed by atoms with E-state index in [2.05, 4.69) is 21.5 Å². The lowest BCUT2D eigenvalue weighted by atomic mass is 10.2. The number of carbonyl (C=O) groups is 3. The maximum absolute atomic E-state index is 11.3. The van der Waals surface area contributed by atoms with Crippen LogP contribution in [0, 0.1) is 0 Å². The zero-order chi connectivity index (χ0) is 16.3. The zero-order valence-corrected chi connectivity index (χ0v) is 13.2. The fourth-order valence-electron chi connectivity index (χ4n) is 1.22. The van der Waals surface area contributed by atoms with Gasteiger partial charge in [0.1, 0.15) is 5.60 Å². The molecule has 0 aromatic heterocycles. The first kappa shape index (κ1) is 19.0. The molecule has 0 saturated heterocycles. The number of carbonyl (C=O) groups excluding carboxylic acids is 3. The minimum absolute atomic E-state index is 0.258. The summed E-state index contributed by atoms with van der Waals surface area (Å²) in [7, 11) is 0. The van der Waals surface area contributed by atoms with Gasteiger partial charge in [0, 0.05) is 19.5 Å². The van der Waals surface area contributed by atoms with Gasteiger partial charge in [0.2, 0.25) is 5.91 Å². The minimum atomic E-state index is -0.507. The Bertz CT molecular complexity index is 353. The number of hydrazine groups is 1. The van der Waals surface area contributed by atoms with Gasteiger partial charge in [-0.05, 0) is 33.6 Å². The van der Waals surface area contributed by atoms with Crippen LogP contribution in [-0.2, 0) is 9.53 Å². The molecule has 0 aliphatic heterocycles. The Balaban J connectivity index is 3.50. The number of hydrogen-bond acceptors (Lipinski definition) is 4. The SMILES string of the molecule is CCC(=O)NNC(=O)NCCCCNC(=O)OC(C)(C)C. The normalized spacial score (nSPS) is 10.5. The Kier molecular flexibility index (Phi) is 8.91. The number of urea groups is 1. The molecule has 0 spiro atoms. The summed E-state index contributed by atoms with van der Waals surface area (Å²) in [4.78, 5) is 33.4. The van der Waals surface area contributed by atoms with Crippen molar-refractivity contribution in [2.45, 2.75) is 52.6 Å². The minimum Gasteiger partial charge on any atom is -0.444 e. The number of hydrogen-bond donors (Lipinski definition) is 4. The summed E-state index contributed by atoms with van der Waals surface area (Å²) in [6, 6.07) is -0.461. The van der Waals surface area contributed by atoms with E-state index < -0.39 is 17.7 Å². The Morgan fingerprint density at radius 2 is 1.52 bits per heavy atom. The van der Waals surface area contributed by atoms with Crippen molar-refractivity contribution >= 4 is 18.0 Å². The van der Waals surface area contributed by atoms with E-state index in [0.717, 1.165) is 0 Å². The average Bonchev–Trinajstić information content (AvgIpc) is 2.37. The van der Waals surface area contributed by atoms with Gasteiger partial charge in [0.05, 0.1) is 0 Å². The molecule has 0 bridgehead atoms. The first-order chi connectivity index (χ1) is 9.74. The first-order valence-electron chi connectivity index (χ1n) is 7.04. The monoisotopic (exact) mass is 302 g/mol. The smallest absolute Gasteiger partial charge is 0.407 e. The molecule has 0 aromatic carbocycles. The summed E-state index contributed by atoms with van der Waals surface area (Å²) < 4.78 is 5.08. The summed E-state index contributed by atoms with van der Waals surface area (Å²) in [5.41, 5.74) is 3.97. The molecule has 21 heavy (non-hydrogen) atoms. The van der Waals surface area contributed by atoms with E-state index >= 15 is 0 Å². The maximum atomic E-state index is 11.3. The highest BCUT2D eigenvalue weighted by Gasteiger charge is 2.15. The summed E-state index contributed by atoms with van der Waals surface area (Å²) in [6.07, 6.45) is 1.26. The van der Waals surface area contributed by atoms with Crippen molar-refractivity contribution in [1.82, 2.24) is 21.5 Å². The van der Waals surface area contributed by atoms with Crippen LogP contribution in [0.2, 0.25) is 0 Å². The number of unbranched alkanes of at least 4 members (excludes halogenated alkanes) is 1. The summed E-state index contributed by atoms with van der Waals surface area (Å²) >= 11 is 0. The summed E-state index contributed by atoms with van der Waals surface area (Å²) in [6.45, 7) is 8.01. The van der Waals surface area contributed by atoms with Crippen LogP contribution in [0.4, 0.5) is 9.59 Å². The Morgan fingerprint density at radius 3 is 2.05 bits per heavy atom. The second-order valence-corrected chi connectivity index (χ2v) is 5.42. The highest BCUT2D eigenvalue weighted by atomic mass is 16.6. The number of nitrogens with one attached hydrogen (secondary N) is 4. The predicted molar refractivity (Wildman–Crippen MR) is 78.4 cm³/mol. The van der Waals surface area contributed by atoms with E-state index in [-0.39, 0.29) is 5.91 Å². The molecule has 0 saturated carbocycles. The molecule has 8 nitrogen and oxygen atoms in total. The van der Waals surface area contributed by atoms with Gasteiger partial charge >= 0.3 is 12.1 Å². The fraction of sp³-hybridized carbons (Fsp3) is 0.769. The zero-order valence-electron chi connectivity index (χ0n) is 13.2. The van der Waals surface area contributed by atoms with E-state index in [1.165, 1.54) is 0 Å². The lowest BCUT2D eigenvalue weighted by molar-refractivity contribution is -0.121. The van der Waals surface area contributed by atoms with Gasteiger partial charge in [0.15, 0.2) is 0 Å². The fourth-order valence-corrected chi connectivity index (χ4v) is 1.22. The molecule has 0 atom stereocenters. The molecule has 8 heteroatoms. The van der Waals surface area contributed by atoms with Crippen molar-refractivity contribution in [3.8, 4) is 0 Å². The topological polar surface area (TPSA) is 109 Å². The lowest BCUT2D eigenvalue weighted by Crippen LogP contribution is -2.47. The van der Waals surface area contributed by atoms with Crippen LogP contribution >= 0.6 is 0 Å². The standard InChI is InChI=1S/C13H26N4O4/c1-5-10(18)16-17-11(19)14-8-6-7-9-15-12(20)21-13(2,3)4/h5-9H2,1-4H3,(H,15,20)(H,16,18)(H2,14,17,19). The summed E-state index contributed by atoms with van der Waals surface area (Å²) in [5, 5.41) is 5.21. The van der Waals surface area contributed by atoms with E-state index in [9.17, 15) is 14.4 Å². The van der Waals surface area contributed by atoms with Crippen LogP contribution in [0.15, 0.2) is 0 Å².